The molecule has 3 heterocycles. The third-order valence-corrected chi connectivity index (χ3v) is 7.41. The summed E-state index contributed by atoms with van der Waals surface area (Å²) in [6.45, 7) is 3.35. The number of H-pyrrole nitrogens is 1. The Morgan fingerprint density at radius 1 is 1.15 bits per heavy atom. The molecule has 6 heteroatoms. The Bertz CT molecular complexity index is 1040. The highest BCUT2D eigenvalue weighted by Gasteiger charge is 2.42. The van der Waals surface area contributed by atoms with Crippen molar-refractivity contribution in [2.45, 2.75) is 56.7 Å². The number of nitrogens with one attached hydrogen (secondary N) is 1. The number of imidazole rings is 1. The highest BCUT2D eigenvalue weighted by Crippen LogP contribution is 2.37. The van der Waals surface area contributed by atoms with Crippen molar-refractivity contribution in [2.75, 3.05) is 26.7 Å². The minimum atomic E-state index is -0.0800. The summed E-state index contributed by atoms with van der Waals surface area (Å²) >= 11 is 0. The maximum atomic E-state index is 12.9. The van der Waals surface area contributed by atoms with Crippen LogP contribution in [0, 0.1) is 0 Å². The summed E-state index contributed by atoms with van der Waals surface area (Å²) in [7, 11) is 2.23. The lowest BCUT2D eigenvalue weighted by Crippen LogP contribution is -2.54. The molecule has 1 spiro atoms. The predicted octanol–water partition coefficient (Wildman–Crippen LogP) is 4.17. The van der Waals surface area contributed by atoms with Crippen LogP contribution < -0.4 is 0 Å². The van der Waals surface area contributed by atoms with Crippen molar-refractivity contribution in [3.8, 4) is 0 Å². The van der Waals surface area contributed by atoms with Crippen LogP contribution in [0.4, 0.5) is 0 Å². The average Bonchev–Trinajstić information content (AvgIpc) is 3.27. The zero-order valence-electron chi connectivity index (χ0n) is 19.5. The highest BCUT2D eigenvalue weighted by atomic mass is 16.5. The van der Waals surface area contributed by atoms with Crippen LogP contribution >= 0.6 is 0 Å². The summed E-state index contributed by atoms with van der Waals surface area (Å²) in [6.07, 6.45) is 5.13. The van der Waals surface area contributed by atoms with Gasteiger partial charge in [0.15, 0.2) is 0 Å². The molecule has 0 radical (unpaired) electrons. The van der Waals surface area contributed by atoms with Crippen LogP contribution in [0.15, 0.2) is 54.6 Å². The fraction of sp³-hybridized carbons (Fsp3) is 0.481. The molecule has 0 bridgehead atoms. The molecule has 33 heavy (non-hydrogen) atoms. The van der Waals surface area contributed by atoms with Gasteiger partial charge in [-0.05, 0) is 50.4 Å². The van der Waals surface area contributed by atoms with Gasteiger partial charge in [-0.2, -0.15) is 0 Å². The van der Waals surface area contributed by atoms with E-state index in [0.717, 1.165) is 68.8 Å². The molecule has 1 atom stereocenters. The van der Waals surface area contributed by atoms with E-state index in [1.807, 2.05) is 29.2 Å². The average molecular weight is 447 g/mol. The number of fused-ring (bicyclic) bond motifs is 1. The number of aromatic nitrogens is 2. The number of carbonyl (C=O) groups excluding carboxylic acids is 1. The fourth-order valence-electron chi connectivity index (χ4n) is 5.40. The van der Waals surface area contributed by atoms with Crippen molar-refractivity contribution in [2.24, 2.45) is 0 Å². The maximum Gasteiger partial charge on any atom is 0.223 e. The first-order chi connectivity index (χ1) is 16.1. The normalized spacial score (nSPS) is 20.5. The van der Waals surface area contributed by atoms with Crippen molar-refractivity contribution in [1.82, 2.24) is 19.8 Å². The van der Waals surface area contributed by atoms with Gasteiger partial charge >= 0.3 is 0 Å². The Labute approximate surface area is 195 Å². The first-order valence-electron chi connectivity index (χ1n) is 12.2. The second kappa shape index (κ2) is 9.65. The number of aromatic amines is 1. The molecule has 5 rings (SSSR count). The van der Waals surface area contributed by atoms with E-state index in [1.54, 1.807) is 0 Å². The SMILES string of the molecule is CN(Cc1ccccc1)C1CCOC2(CCN(C(=O)CCc3nc4ccccc4[nH]3)CC2)C1. The molecule has 1 amide bonds. The number of nitrogens with zero attached hydrogens (tertiary/aromatic N) is 3. The van der Waals surface area contributed by atoms with E-state index in [-0.39, 0.29) is 11.5 Å². The van der Waals surface area contributed by atoms with Gasteiger partial charge in [0.2, 0.25) is 5.91 Å². The number of amides is 1. The second-order valence-electron chi connectivity index (χ2n) is 9.66. The molecule has 1 unspecified atom stereocenters. The van der Waals surface area contributed by atoms with Gasteiger partial charge in [0.25, 0.3) is 0 Å². The first kappa shape index (κ1) is 22.1. The van der Waals surface area contributed by atoms with Crippen molar-refractivity contribution >= 4 is 16.9 Å². The number of ether oxygens (including phenoxy) is 1. The molecule has 2 aliphatic rings. The van der Waals surface area contributed by atoms with Crippen LogP contribution in [0.5, 0.6) is 0 Å². The largest absolute Gasteiger partial charge is 0.375 e. The molecule has 2 aromatic carbocycles. The topological polar surface area (TPSA) is 61.5 Å². The van der Waals surface area contributed by atoms with Gasteiger partial charge in [0.05, 0.1) is 16.6 Å². The Kier molecular flexibility index (Phi) is 6.47. The van der Waals surface area contributed by atoms with Crippen LogP contribution in [0.3, 0.4) is 0 Å². The lowest BCUT2D eigenvalue weighted by atomic mass is 9.81. The predicted molar refractivity (Wildman–Crippen MR) is 130 cm³/mol. The number of para-hydroxylation sites is 2. The lowest BCUT2D eigenvalue weighted by Gasteiger charge is -2.48. The van der Waals surface area contributed by atoms with Crippen molar-refractivity contribution in [3.05, 3.63) is 66.0 Å². The second-order valence-corrected chi connectivity index (χ2v) is 9.66. The van der Waals surface area contributed by atoms with Gasteiger partial charge in [-0.3, -0.25) is 9.69 Å². The van der Waals surface area contributed by atoms with Crippen LogP contribution in [-0.4, -0.2) is 64.1 Å². The number of benzene rings is 2. The zero-order chi connectivity index (χ0) is 22.7. The number of carbonyl (C=O) groups is 1. The van der Waals surface area contributed by atoms with E-state index >= 15 is 0 Å². The van der Waals surface area contributed by atoms with Gasteiger partial charge in [-0.15, -0.1) is 0 Å². The monoisotopic (exact) mass is 446 g/mol. The van der Waals surface area contributed by atoms with Crippen molar-refractivity contribution in [3.63, 3.8) is 0 Å². The molecule has 0 saturated carbocycles. The minimum absolute atomic E-state index is 0.0800. The Balaban J connectivity index is 1.12. The number of aryl methyl sites for hydroxylation is 1. The van der Waals surface area contributed by atoms with Gasteiger partial charge in [0.1, 0.15) is 5.82 Å². The summed E-state index contributed by atoms with van der Waals surface area (Å²) < 4.78 is 6.35. The molecule has 3 aromatic rings. The molecule has 1 aromatic heterocycles. The molecule has 1 N–H and O–H groups in total. The lowest BCUT2D eigenvalue weighted by molar-refractivity contribution is -0.148. The summed E-state index contributed by atoms with van der Waals surface area (Å²) in [5, 5.41) is 0. The molecule has 2 saturated heterocycles. The highest BCUT2D eigenvalue weighted by molar-refractivity contribution is 5.77. The smallest absolute Gasteiger partial charge is 0.223 e. The number of likely N-dealkylation sites (tertiary alicyclic amines) is 1. The van der Waals surface area contributed by atoms with Gasteiger partial charge in [-0.1, -0.05) is 42.5 Å². The summed E-state index contributed by atoms with van der Waals surface area (Å²) in [6, 6.07) is 19.2. The first-order valence-corrected chi connectivity index (χ1v) is 12.2. The van der Waals surface area contributed by atoms with Gasteiger partial charge < -0.3 is 14.6 Å². The van der Waals surface area contributed by atoms with E-state index in [0.29, 0.717) is 18.9 Å². The van der Waals surface area contributed by atoms with E-state index in [4.69, 9.17) is 4.74 Å². The van der Waals surface area contributed by atoms with Crippen molar-refractivity contribution in [1.29, 1.82) is 0 Å². The maximum absolute atomic E-state index is 12.9. The standard InChI is InChI=1S/C27H34N4O2/c1-30(20-21-7-3-2-4-8-21)22-13-18-33-27(19-22)14-16-31(17-15-27)26(32)12-11-25-28-23-9-5-6-10-24(23)29-25/h2-10,22H,11-20H2,1H3,(H,28,29). The quantitative estimate of drug-likeness (QED) is 0.617. The van der Waals surface area contributed by atoms with Crippen LogP contribution in [0.1, 0.15) is 43.5 Å². The molecular weight excluding hydrogens is 412 g/mol. The third kappa shape index (κ3) is 5.12. The summed E-state index contributed by atoms with van der Waals surface area (Å²) in [5.74, 6) is 1.11. The summed E-state index contributed by atoms with van der Waals surface area (Å²) in [4.78, 5) is 25.3. The van der Waals surface area contributed by atoms with Crippen LogP contribution in [0.25, 0.3) is 11.0 Å². The molecule has 6 nitrogen and oxygen atoms in total. The Morgan fingerprint density at radius 2 is 1.91 bits per heavy atom. The number of hydrogen-bond donors (Lipinski definition) is 1. The number of hydrogen-bond acceptors (Lipinski definition) is 4. The van der Waals surface area contributed by atoms with Crippen molar-refractivity contribution < 1.29 is 9.53 Å². The van der Waals surface area contributed by atoms with E-state index in [9.17, 15) is 4.79 Å². The van der Waals surface area contributed by atoms with E-state index < -0.39 is 0 Å². The van der Waals surface area contributed by atoms with Crippen LogP contribution in [0.2, 0.25) is 0 Å². The summed E-state index contributed by atoms with van der Waals surface area (Å²) in [5.41, 5.74) is 3.26. The Hall–Kier alpha value is -2.70. The van der Waals surface area contributed by atoms with Crippen LogP contribution in [-0.2, 0) is 22.5 Å². The third-order valence-electron chi connectivity index (χ3n) is 7.41. The van der Waals surface area contributed by atoms with Gasteiger partial charge in [0, 0.05) is 45.1 Å². The molecule has 2 aliphatic heterocycles. The zero-order valence-corrected chi connectivity index (χ0v) is 19.5. The van der Waals surface area contributed by atoms with E-state index in [2.05, 4.69) is 52.2 Å². The molecule has 174 valence electrons. The number of piperidine rings is 1. The fourth-order valence-corrected chi connectivity index (χ4v) is 5.40. The molecule has 2 fully saturated rings. The number of rotatable bonds is 6. The minimum Gasteiger partial charge on any atom is -0.375 e. The molecule has 0 aliphatic carbocycles. The van der Waals surface area contributed by atoms with E-state index in [1.165, 1.54) is 5.56 Å². The molecular formula is C27H34N4O2. The van der Waals surface area contributed by atoms with Gasteiger partial charge in [-0.25, -0.2) is 4.98 Å². The Morgan fingerprint density at radius 3 is 2.70 bits per heavy atom.